The van der Waals surface area contributed by atoms with Crippen molar-refractivity contribution >= 4 is 17.8 Å². The maximum absolute atomic E-state index is 11.9. The normalized spacial score (nSPS) is 30.0. The van der Waals surface area contributed by atoms with Gasteiger partial charge >= 0.3 is 6.03 Å². The number of piperidine rings is 2. The summed E-state index contributed by atoms with van der Waals surface area (Å²) in [5.74, 6) is 1.18. The van der Waals surface area contributed by atoms with Crippen molar-refractivity contribution in [3.63, 3.8) is 0 Å². The number of carbonyl (C=O) groups excluding carboxylic acids is 1. The zero-order valence-electron chi connectivity index (χ0n) is 12.9. The summed E-state index contributed by atoms with van der Waals surface area (Å²) < 4.78 is 0. The number of nitrogens with zero attached hydrogens (tertiary/aromatic N) is 1. The number of unbranched alkanes of at least 4 members (excludes halogenated alkanes) is 1. The SMILES string of the molecule is CSCCCCNC(=O)NC1C[C@H]2CCC[C@@H](C1)N2C. The van der Waals surface area contributed by atoms with E-state index in [1.165, 1.54) is 31.4 Å². The van der Waals surface area contributed by atoms with Crippen molar-refractivity contribution < 1.29 is 4.79 Å². The minimum atomic E-state index is 0.0294. The van der Waals surface area contributed by atoms with Crippen LogP contribution in [-0.4, -0.2) is 54.7 Å². The molecular formula is C15H29N3OS. The smallest absolute Gasteiger partial charge is 0.315 e. The second kappa shape index (κ2) is 8.13. The van der Waals surface area contributed by atoms with Crippen molar-refractivity contribution in [3.05, 3.63) is 0 Å². The van der Waals surface area contributed by atoms with Gasteiger partial charge in [-0.25, -0.2) is 4.79 Å². The third kappa shape index (κ3) is 4.55. The van der Waals surface area contributed by atoms with Gasteiger partial charge in [0, 0.05) is 24.7 Å². The van der Waals surface area contributed by atoms with E-state index in [-0.39, 0.29) is 6.03 Å². The summed E-state index contributed by atoms with van der Waals surface area (Å²) in [5, 5.41) is 6.17. The van der Waals surface area contributed by atoms with E-state index in [1.54, 1.807) is 0 Å². The number of carbonyl (C=O) groups is 1. The number of fused-ring (bicyclic) bond motifs is 2. The van der Waals surface area contributed by atoms with Gasteiger partial charge in [-0.05, 0) is 57.6 Å². The average Bonchev–Trinajstić information content (AvgIpc) is 2.40. The van der Waals surface area contributed by atoms with Crippen LogP contribution in [0.1, 0.15) is 44.9 Å². The van der Waals surface area contributed by atoms with E-state index in [4.69, 9.17) is 0 Å². The highest BCUT2D eigenvalue weighted by Crippen LogP contribution is 2.32. The Kier molecular flexibility index (Phi) is 6.49. The fourth-order valence-corrected chi connectivity index (χ4v) is 4.04. The molecule has 2 fully saturated rings. The molecule has 0 radical (unpaired) electrons. The van der Waals surface area contributed by atoms with Crippen molar-refractivity contribution in [1.29, 1.82) is 0 Å². The molecule has 2 aliphatic rings. The fraction of sp³-hybridized carbons (Fsp3) is 0.933. The van der Waals surface area contributed by atoms with Crippen molar-refractivity contribution in [2.45, 2.75) is 63.1 Å². The van der Waals surface area contributed by atoms with Crippen LogP contribution >= 0.6 is 11.8 Å². The molecule has 2 rings (SSSR count). The molecule has 4 nitrogen and oxygen atoms in total. The second-order valence-electron chi connectivity index (χ2n) is 6.17. The lowest BCUT2D eigenvalue weighted by atomic mass is 9.82. The summed E-state index contributed by atoms with van der Waals surface area (Å²) in [7, 11) is 2.25. The highest BCUT2D eigenvalue weighted by Gasteiger charge is 2.36. The van der Waals surface area contributed by atoms with Crippen LogP contribution in [0.5, 0.6) is 0 Å². The van der Waals surface area contributed by atoms with Crippen LogP contribution in [0.25, 0.3) is 0 Å². The minimum absolute atomic E-state index is 0.0294. The van der Waals surface area contributed by atoms with Gasteiger partial charge in [0.25, 0.3) is 0 Å². The molecule has 2 saturated heterocycles. The van der Waals surface area contributed by atoms with Gasteiger partial charge in [-0.2, -0.15) is 11.8 Å². The fourth-order valence-electron chi connectivity index (χ4n) is 3.54. The summed E-state index contributed by atoms with van der Waals surface area (Å²) >= 11 is 1.87. The summed E-state index contributed by atoms with van der Waals surface area (Å²) in [6.45, 7) is 0.797. The standard InChI is InChI=1S/C15H29N3OS/c1-18-13-6-5-7-14(18)11-12(10-13)17-15(19)16-8-3-4-9-20-2/h12-14H,3-11H2,1-2H3,(H2,16,17,19)/t12?,13-,14+. The van der Waals surface area contributed by atoms with Gasteiger partial charge in [0.1, 0.15) is 0 Å². The minimum Gasteiger partial charge on any atom is -0.338 e. The summed E-state index contributed by atoms with van der Waals surface area (Å²) in [6, 6.07) is 1.75. The van der Waals surface area contributed by atoms with Crippen LogP contribution in [0, 0.1) is 0 Å². The lowest BCUT2D eigenvalue weighted by Crippen LogP contribution is -2.56. The van der Waals surface area contributed by atoms with Crippen LogP contribution in [-0.2, 0) is 0 Å². The molecule has 2 amide bonds. The number of hydrogen-bond acceptors (Lipinski definition) is 3. The molecule has 2 aliphatic heterocycles. The molecule has 2 N–H and O–H groups in total. The van der Waals surface area contributed by atoms with Gasteiger partial charge in [-0.3, -0.25) is 0 Å². The molecule has 116 valence electrons. The van der Waals surface area contributed by atoms with E-state index >= 15 is 0 Å². The first-order valence-corrected chi connectivity index (χ1v) is 9.35. The Hall–Kier alpha value is -0.420. The molecule has 1 unspecified atom stereocenters. The molecule has 0 aromatic carbocycles. The van der Waals surface area contributed by atoms with Gasteiger partial charge in [0.15, 0.2) is 0 Å². The summed E-state index contributed by atoms with van der Waals surface area (Å²) in [4.78, 5) is 14.4. The molecule has 0 spiro atoms. The molecule has 2 bridgehead atoms. The van der Waals surface area contributed by atoms with Crippen LogP contribution in [0.4, 0.5) is 4.79 Å². The molecule has 3 atom stereocenters. The first-order chi connectivity index (χ1) is 9.70. The lowest BCUT2D eigenvalue weighted by molar-refractivity contribution is 0.0509. The van der Waals surface area contributed by atoms with Gasteiger partial charge in [0.2, 0.25) is 0 Å². The summed E-state index contributed by atoms with van der Waals surface area (Å²) in [6.07, 6.45) is 10.6. The van der Waals surface area contributed by atoms with Gasteiger partial charge < -0.3 is 15.5 Å². The molecule has 0 aromatic heterocycles. The molecule has 0 aliphatic carbocycles. The highest BCUT2D eigenvalue weighted by molar-refractivity contribution is 7.98. The van der Waals surface area contributed by atoms with Crippen molar-refractivity contribution in [2.75, 3.05) is 25.6 Å². The van der Waals surface area contributed by atoms with Gasteiger partial charge in [0.05, 0.1) is 0 Å². The zero-order valence-corrected chi connectivity index (χ0v) is 13.7. The molecular weight excluding hydrogens is 270 g/mol. The molecule has 0 aromatic rings. The van der Waals surface area contributed by atoms with Crippen molar-refractivity contribution in [1.82, 2.24) is 15.5 Å². The second-order valence-corrected chi connectivity index (χ2v) is 7.16. The number of rotatable bonds is 6. The maximum atomic E-state index is 11.9. The molecule has 5 heteroatoms. The van der Waals surface area contributed by atoms with Crippen molar-refractivity contribution in [2.24, 2.45) is 0 Å². The number of hydrogen-bond donors (Lipinski definition) is 2. The number of urea groups is 1. The molecule has 20 heavy (non-hydrogen) atoms. The van der Waals surface area contributed by atoms with E-state index in [0.29, 0.717) is 18.1 Å². The molecule has 2 heterocycles. The third-order valence-corrected chi connectivity index (χ3v) is 5.43. The van der Waals surface area contributed by atoms with E-state index < -0.39 is 0 Å². The number of thioether (sulfide) groups is 1. The Morgan fingerprint density at radius 2 is 1.95 bits per heavy atom. The Balaban J connectivity index is 1.65. The first-order valence-electron chi connectivity index (χ1n) is 7.96. The van der Waals surface area contributed by atoms with Crippen LogP contribution in [0.15, 0.2) is 0 Å². The Morgan fingerprint density at radius 1 is 1.25 bits per heavy atom. The molecule has 0 saturated carbocycles. The van der Waals surface area contributed by atoms with E-state index in [2.05, 4.69) is 28.8 Å². The van der Waals surface area contributed by atoms with Gasteiger partial charge in [-0.1, -0.05) is 6.42 Å². The first kappa shape index (κ1) is 16.0. The predicted octanol–water partition coefficient (Wildman–Crippen LogP) is 2.44. The topological polar surface area (TPSA) is 44.4 Å². The van der Waals surface area contributed by atoms with Crippen molar-refractivity contribution in [3.8, 4) is 0 Å². The average molecular weight is 299 g/mol. The lowest BCUT2D eigenvalue weighted by Gasteiger charge is -2.47. The maximum Gasteiger partial charge on any atom is 0.315 e. The van der Waals surface area contributed by atoms with Crippen LogP contribution < -0.4 is 10.6 Å². The van der Waals surface area contributed by atoms with Crippen LogP contribution in [0.2, 0.25) is 0 Å². The van der Waals surface area contributed by atoms with E-state index in [9.17, 15) is 4.79 Å². The zero-order chi connectivity index (χ0) is 14.4. The monoisotopic (exact) mass is 299 g/mol. The largest absolute Gasteiger partial charge is 0.338 e. The summed E-state index contributed by atoms with van der Waals surface area (Å²) in [5.41, 5.74) is 0. The highest BCUT2D eigenvalue weighted by atomic mass is 32.2. The van der Waals surface area contributed by atoms with Crippen LogP contribution in [0.3, 0.4) is 0 Å². The predicted molar refractivity (Wildman–Crippen MR) is 86.4 cm³/mol. The Morgan fingerprint density at radius 3 is 2.60 bits per heavy atom. The number of nitrogens with one attached hydrogen (secondary N) is 2. The quantitative estimate of drug-likeness (QED) is 0.741. The van der Waals surface area contributed by atoms with Gasteiger partial charge in [-0.15, -0.1) is 0 Å². The Labute approximate surface area is 127 Å². The Bertz CT molecular complexity index is 299. The van der Waals surface area contributed by atoms with E-state index in [1.807, 2.05) is 11.8 Å². The van der Waals surface area contributed by atoms with E-state index in [0.717, 1.165) is 25.8 Å². The number of amides is 2. The third-order valence-electron chi connectivity index (χ3n) is 4.74.